The van der Waals surface area contributed by atoms with Crippen LogP contribution >= 0.6 is 0 Å². The van der Waals surface area contributed by atoms with Crippen molar-refractivity contribution in [1.82, 2.24) is 0 Å². The summed E-state index contributed by atoms with van der Waals surface area (Å²) in [5.74, 6) is -0.0599. The summed E-state index contributed by atoms with van der Waals surface area (Å²) in [6, 6.07) is 13.2. The standard InChI is InChI=1S/C18H17N5O3/c1-22(2)13-6-3-11-4-8-17(24)18(14(11)10-13)21-20-15-7-5-12(19)9-16(15)23(25)26/h3-10,24H,19H2,1-2H3/b21-20+. The molecule has 3 aromatic carbocycles. The van der Waals surface area contributed by atoms with Gasteiger partial charge in [-0.3, -0.25) is 10.1 Å². The molecule has 0 saturated heterocycles. The van der Waals surface area contributed by atoms with Crippen molar-refractivity contribution in [2.75, 3.05) is 24.7 Å². The van der Waals surface area contributed by atoms with Crippen LogP contribution in [0.25, 0.3) is 10.8 Å². The van der Waals surface area contributed by atoms with Crippen LogP contribution in [0.5, 0.6) is 5.75 Å². The first-order valence-corrected chi connectivity index (χ1v) is 7.75. The fraction of sp³-hybridized carbons (Fsp3) is 0.111. The number of rotatable bonds is 4. The Bertz CT molecular complexity index is 1030. The van der Waals surface area contributed by atoms with Crippen molar-refractivity contribution in [2.45, 2.75) is 0 Å². The molecule has 0 atom stereocenters. The SMILES string of the molecule is CN(C)c1ccc2ccc(O)c(/N=N/c3ccc(N)cc3[N+](=O)[O-])c2c1. The van der Waals surface area contributed by atoms with Crippen molar-refractivity contribution in [3.63, 3.8) is 0 Å². The minimum atomic E-state index is -0.572. The molecule has 8 nitrogen and oxygen atoms in total. The van der Waals surface area contributed by atoms with Gasteiger partial charge in [-0.2, -0.15) is 0 Å². The Morgan fingerprint density at radius 1 is 1.08 bits per heavy atom. The number of aromatic hydroxyl groups is 1. The molecule has 8 heteroatoms. The lowest BCUT2D eigenvalue weighted by molar-refractivity contribution is -0.384. The number of nitro groups is 1. The van der Waals surface area contributed by atoms with Crippen molar-refractivity contribution in [3.8, 4) is 5.75 Å². The lowest BCUT2D eigenvalue weighted by Crippen LogP contribution is -2.07. The molecule has 3 N–H and O–H groups in total. The van der Waals surface area contributed by atoms with Crippen LogP contribution < -0.4 is 10.6 Å². The van der Waals surface area contributed by atoms with Crippen molar-refractivity contribution in [1.29, 1.82) is 0 Å². The van der Waals surface area contributed by atoms with Crippen molar-refractivity contribution in [2.24, 2.45) is 10.2 Å². The molecule has 132 valence electrons. The number of benzene rings is 3. The zero-order valence-corrected chi connectivity index (χ0v) is 14.2. The molecule has 0 aliphatic carbocycles. The third kappa shape index (κ3) is 3.25. The number of anilines is 2. The van der Waals surface area contributed by atoms with E-state index in [1.807, 2.05) is 37.2 Å². The van der Waals surface area contributed by atoms with Gasteiger partial charge in [-0.05, 0) is 35.7 Å². The topological polar surface area (TPSA) is 117 Å². The van der Waals surface area contributed by atoms with E-state index >= 15 is 0 Å². The molecule has 0 unspecified atom stereocenters. The summed E-state index contributed by atoms with van der Waals surface area (Å²) in [7, 11) is 3.81. The second-order valence-electron chi connectivity index (χ2n) is 5.94. The fourth-order valence-electron chi connectivity index (χ4n) is 2.54. The van der Waals surface area contributed by atoms with Gasteiger partial charge in [-0.25, -0.2) is 0 Å². The predicted octanol–water partition coefficient (Wildman–Crippen LogP) is 4.52. The van der Waals surface area contributed by atoms with E-state index in [0.717, 1.165) is 11.1 Å². The number of azo groups is 1. The normalized spacial score (nSPS) is 11.2. The molecule has 26 heavy (non-hydrogen) atoms. The molecule has 0 heterocycles. The maximum atomic E-state index is 11.2. The first kappa shape index (κ1) is 17.2. The largest absolute Gasteiger partial charge is 0.506 e. The van der Waals surface area contributed by atoms with Gasteiger partial charge in [-0.1, -0.05) is 12.1 Å². The summed E-state index contributed by atoms with van der Waals surface area (Å²) in [6.07, 6.45) is 0. The second-order valence-corrected chi connectivity index (χ2v) is 5.94. The molecule has 0 fully saturated rings. The summed E-state index contributed by atoms with van der Waals surface area (Å²) < 4.78 is 0. The Kier molecular flexibility index (Phi) is 4.40. The lowest BCUT2D eigenvalue weighted by Gasteiger charge is -2.14. The van der Waals surface area contributed by atoms with E-state index in [9.17, 15) is 15.2 Å². The van der Waals surface area contributed by atoms with Gasteiger partial charge in [0.2, 0.25) is 0 Å². The summed E-state index contributed by atoms with van der Waals surface area (Å²) >= 11 is 0. The van der Waals surface area contributed by atoms with E-state index in [1.165, 1.54) is 24.3 Å². The summed E-state index contributed by atoms with van der Waals surface area (Å²) in [5.41, 5.74) is 6.85. The molecule has 0 spiro atoms. The number of nitro benzene ring substituents is 1. The van der Waals surface area contributed by atoms with Gasteiger partial charge in [0.1, 0.15) is 11.4 Å². The average Bonchev–Trinajstić information content (AvgIpc) is 2.61. The van der Waals surface area contributed by atoms with E-state index in [1.54, 1.807) is 6.07 Å². The van der Waals surface area contributed by atoms with Gasteiger partial charge >= 0.3 is 0 Å². The molecule has 3 rings (SSSR count). The Labute approximate surface area is 149 Å². The highest BCUT2D eigenvalue weighted by atomic mass is 16.6. The van der Waals surface area contributed by atoms with E-state index in [4.69, 9.17) is 5.73 Å². The zero-order chi connectivity index (χ0) is 18.8. The summed E-state index contributed by atoms with van der Waals surface area (Å²) in [5, 5.41) is 31.0. The lowest BCUT2D eigenvalue weighted by atomic mass is 10.1. The fourth-order valence-corrected chi connectivity index (χ4v) is 2.54. The number of nitrogens with two attached hydrogens (primary N) is 1. The molecule has 0 aliphatic heterocycles. The molecule has 0 aromatic heterocycles. The third-order valence-corrected chi connectivity index (χ3v) is 3.93. The van der Waals surface area contributed by atoms with Gasteiger partial charge in [0.25, 0.3) is 5.69 Å². The molecule has 0 saturated carbocycles. The van der Waals surface area contributed by atoms with E-state index < -0.39 is 4.92 Å². The molecule has 0 amide bonds. The Balaban J connectivity index is 2.14. The Morgan fingerprint density at radius 2 is 1.81 bits per heavy atom. The van der Waals surface area contributed by atoms with Crippen LogP contribution in [-0.4, -0.2) is 24.1 Å². The van der Waals surface area contributed by atoms with Crippen LogP contribution in [0, 0.1) is 10.1 Å². The van der Waals surface area contributed by atoms with Gasteiger partial charge in [0.15, 0.2) is 5.69 Å². The first-order valence-electron chi connectivity index (χ1n) is 7.75. The number of nitrogen functional groups attached to an aromatic ring is 1. The highest BCUT2D eigenvalue weighted by Gasteiger charge is 2.14. The molecular weight excluding hydrogens is 334 g/mol. The number of nitrogens with zero attached hydrogens (tertiary/aromatic N) is 4. The average molecular weight is 351 g/mol. The monoisotopic (exact) mass is 351 g/mol. The Morgan fingerprint density at radius 3 is 2.50 bits per heavy atom. The molecule has 0 bridgehead atoms. The van der Waals surface area contributed by atoms with Gasteiger partial charge in [0.05, 0.1) is 4.92 Å². The highest BCUT2D eigenvalue weighted by molar-refractivity contribution is 5.97. The quantitative estimate of drug-likeness (QED) is 0.310. The van der Waals surface area contributed by atoms with E-state index in [2.05, 4.69) is 10.2 Å². The number of phenolic OH excluding ortho intramolecular Hbond substituents is 1. The molecular formula is C18H17N5O3. The van der Waals surface area contributed by atoms with Crippen LogP contribution in [0.15, 0.2) is 58.8 Å². The van der Waals surface area contributed by atoms with Gasteiger partial charge in [0, 0.05) is 36.9 Å². The van der Waals surface area contributed by atoms with E-state index in [0.29, 0.717) is 5.39 Å². The highest BCUT2D eigenvalue weighted by Crippen LogP contribution is 2.39. The second kappa shape index (κ2) is 6.67. The van der Waals surface area contributed by atoms with Crippen LogP contribution in [0.2, 0.25) is 0 Å². The molecule has 0 aliphatic rings. The smallest absolute Gasteiger partial charge is 0.298 e. The van der Waals surface area contributed by atoms with Crippen LogP contribution in [0.1, 0.15) is 0 Å². The molecule has 3 aromatic rings. The number of phenols is 1. The van der Waals surface area contributed by atoms with Crippen molar-refractivity contribution < 1.29 is 10.0 Å². The summed E-state index contributed by atoms with van der Waals surface area (Å²) in [6.45, 7) is 0. The number of fused-ring (bicyclic) bond motifs is 1. The van der Waals surface area contributed by atoms with Crippen LogP contribution in [-0.2, 0) is 0 Å². The third-order valence-electron chi connectivity index (χ3n) is 3.93. The summed E-state index contributed by atoms with van der Waals surface area (Å²) in [4.78, 5) is 12.5. The van der Waals surface area contributed by atoms with E-state index in [-0.39, 0.29) is 28.5 Å². The maximum absolute atomic E-state index is 11.2. The first-order chi connectivity index (χ1) is 12.4. The number of hydrogen-bond donors (Lipinski definition) is 2. The Hall–Kier alpha value is -3.68. The molecule has 0 radical (unpaired) electrons. The van der Waals surface area contributed by atoms with Crippen molar-refractivity contribution in [3.05, 3.63) is 58.6 Å². The van der Waals surface area contributed by atoms with Gasteiger partial charge < -0.3 is 15.7 Å². The van der Waals surface area contributed by atoms with Crippen LogP contribution in [0.3, 0.4) is 0 Å². The maximum Gasteiger partial charge on any atom is 0.298 e. The van der Waals surface area contributed by atoms with Crippen molar-refractivity contribution >= 4 is 39.2 Å². The van der Waals surface area contributed by atoms with Gasteiger partial charge in [-0.15, -0.1) is 10.2 Å². The van der Waals surface area contributed by atoms with Crippen LogP contribution in [0.4, 0.5) is 28.4 Å². The predicted molar refractivity (Wildman–Crippen MR) is 102 cm³/mol. The minimum Gasteiger partial charge on any atom is -0.506 e. The minimum absolute atomic E-state index is 0.0596. The zero-order valence-electron chi connectivity index (χ0n) is 14.2. The number of hydrogen-bond acceptors (Lipinski definition) is 7.